The molecular formula is C26H32N2O6S2. The maximum Gasteiger partial charge on any atom is 0.259 e. The Labute approximate surface area is 215 Å². The molecule has 4 rings (SSSR count). The summed E-state index contributed by atoms with van der Waals surface area (Å²) >= 11 is 1.33. The van der Waals surface area contributed by atoms with E-state index in [-0.39, 0.29) is 16.6 Å². The molecule has 1 aliphatic rings. The smallest absolute Gasteiger partial charge is 0.259 e. The fraction of sp³-hybridized carbons (Fsp3) is 0.462. The summed E-state index contributed by atoms with van der Waals surface area (Å²) in [6.07, 6.45) is 4.87. The number of aromatic nitrogens is 1. The third-order valence-electron chi connectivity index (χ3n) is 6.51. The van der Waals surface area contributed by atoms with E-state index in [1.54, 1.807) is 39.3 Å². The van der Waals surface area contributed by atoms with Gasteiger partial charge in [0.1, 0.15) is 0 Å². The molecule has 2 aromatic carbocycles. The van der Waals surface area contributed by atoms with Crippen molar-refractivity contribution in [2.24, 2.45) is 5.92 Å². The molecule has 0 bridgehead atoms. The predicted octanol–water partition coefficient (Wildman–Crippen LogP) is 5.38. The summed E-state index contributed by atoms with van der Waals surface area (Å²) in [5, 5.41) is 3.32. The van der Waals surface area contributed by atoms with Crippen molar-refractivity contribution in [3.8, 4) is 11.5 Å². The van der Waals surface area contributed by atoms with Gasteiger partial charge in [0.05, 0.1) is 41.7 Å². The minimum atomic E-state index is -3.34. The Hall–Kier alpha value is -2.69. The molecule has 0 aliphatic heterocycles. The summed E-state index contributed by atoms with van der Waals surface area (Å²) in [6.45, 7) is 2.08. The number of thiazole rings is 1. The fourth-order valence-electron chi connectivity index (χ4n) is 4.41. The van der Waals surface area contributed by atoms with E-state index in [9.17, 15) is 13.2 Å². The van der Waals surface area contributed by atoms with Crippen LogP contribution < -0.4 is 14.8 Å². The van der Waals surface area contributed by atoms with Crippen LogP contribution in [0.25, 0.3) is 10.2 Å². The molecule has 1 fully saturated rings. The molecule has 36 heavy (non-hydrogen) atoms. The fourth-order valence-corrected chi connectivity index (χ4v) is 6.17. The number of nitrogens with one attached hydrogen (secondary N) is 1. The van der Waals surface area contributed by atoms with Gasteiger partial charge in [0.25, 0.3) is 5.91 Å². The molecule has 1 N–H and O–H groups in total. The lowest BCUT2D eigenvalue weighted by molar-refractivity contribution is -0.129. The molecule has 3 aromatic rings. The summed E-state index contributed by atoms with van der Waals surface area (Å²) in [5.41, 5.74) is 1.28. The third-order valence-corrected chi connectivity index (χ3v) is 9.19. The van der Waals surface area contributed by atoms with Crippen LogP contribution in [0.15, 0.2) is 41.3 Å². The SMILES string of the molecule is CCS(=O)(=O)c1ccc(C(OCC2CCCCC2)C(=O)Nc2nc3cc(OC)c(OC)cc3s2)cc1. The van der Waals surface area contributed by atoms with Gasteiger partial charge in [-0.15, -0.1) is 0 Å². The monoisotopic (exact) mass is 532 g/mol. The number of hydrogen-bond acceptors (Lipinski definition) is 8. The van der Waals surface area contributed by atoms with Crippen LogP contribution in [0, 0.1) is 5.92 Å². The largest absolute Gasteiger partial charge is 0.493 e. The average molecular weight is 533 g/mol. The summed E-state index contributed by atoms with van der Waals surface area (Å²) in [5.74, 6) is 1.22. The van der Waals surface area contributed by atoms with Crippen LogP contribution >= 0.6 is 11.3 Å². The van der Waals surface area contributed by atoms with Crippen molar-refractivity contribution in [3.63, 3.8) is 0 Å². The standard InChI is InChI=1S/C26H32N2O6S2/c1-4-36(30,31)19-12-10-18(11-13-19)24(34-16-17-8-6-5-7-9-17)25(29)28-26-27-20-14-21(32-2)22(33-3)15-23(20)35-26/h10-15,17,24H,4-9,16H2,1-3H3,(H,27,28,29). The van der Waals surface area contributed by atoms with Gasteiger partial charge in [-0.1, -0.05) is 49.7 Å². The Morgan fingerprint density at radius 3 is 2.39 bits per heavy atom. The highest BCUT2D eigenvalue weighted by Crippen LogP contribution is 2.36. The first-order valence-corrected chi connectivity index (χ1v) is 14.6. The van der Waals surface area contributed by atoms with E-state index in [0.29, 0.717) is 40.2 Å². The van der Waals surface area contributed by atoms with E-state index in [2.05, 4.69) is 10.3 Å². The molecular weight excluding hydrogens is 500 g/mol. The van der Waals surface area contributed by atoms with Crippen molar-refractivity contribution in [2.75, 3.05) is 31.9 Å². The van der Waals surface area contributed by atoms with E-state index in [4.69, 9.17) is 14.2 Å². The maximum absolute atomic E-state index is 13.4. The van der Waals surface area contributed by atoms with Gasteiger partial charge in [0.2, 0.25) is 0 Å². The number of benzene rings is 2. The molecule has 1 heterocycles. The van der Waals surface area contributed by atoms with E-state index in [1.165, 1.54) is 42.7 Å². The van der Waals surface area contributed by atoms with E-state index >= 15 is 0 Å². The Balaban J connectivity index is 1.57. The number of methoxy groups -OCH3 is 2. The Bertz CT molecular complexity index is 1260. The molecule has 0 radical (unpaired) electrons. The van der Waals surface area contributed by atoms with Crippen LogP contribution in [0.4, 0.5) is 5.13 Å². The van der Waals surface area contributed by atoms with E-state index in [0.717, 1.165) is 17.5 Å². The Morgan fingerprint density at radius 2 is 1.75 bits per heavy atom. The molecule has 0 spiro atoms. The number of hydrogen-bond donors (Lipinski definition) is 1. The molecule has 8 nitrogen and oxygen atoms in total. The molecule has 0 saturated heterocycles. The minimum Gasteiger partial charge on any atom is -0.493 e. The molecule has 194 valence electrons. The highest BCUT2D eigenvalue weighted by atomic mass is 32.2. The number of carbonyl (C=O) groups excluding carboxylic acids is 1. The summed E-state index contributed by atoms with van der Waals surface area (Å²) in [6, 6.07) is 9.97. The zero-order chi connectivity index (χ0) is 25.7. The van der Waals surface area contributed by atoms with Crippen molar-refractivity contribution in [2.45, 2.75) is 50.0 Å². The Morgan fingerprint density at radius 1 is 1.08 bits per heavy atom. The normalized spacial score (nSPS) is 15.5. The van der Waals surface area contributed by atoms with Crippen LogP contribution in [0.1, 0.15) is 50.7 Å². The number of anilines is 1. The second-order valence-electron chi connectivity index (χ2n) is 8.87. The zero-order valence-electron chi connectivity index (χ0n) is 20.8. The van der Waals surface area contributed by atoms with Crippen molar-refractivity contribution in [1.82, 2.24) is 4.98 Å². The lowest BCUT2D eigenvalue weighted by atomic mass is 9.90. The third kappa shape index (κ3) is 5.99. The van der Waals surface area contributed by atoms with Crippen LogP contribution in [-0.4, -0.2) is 45.9 Å². The number of ether oxygens (including phenoxy) is 3. The highest BCUT2D eigenvalue weighted by molar-refractivity contribution is 7.91. The van der Waals surface area contributed by atoms with Crippen LogP contribution in [0.5, 0.6) is 11.5 Å². The molecule has 1 aliphatic carbocycles. The summed E-state index contributed by atoms with van der Waals surface area (Å²) < 4.78 is 42.2. The number of sulfone groups is 1. The first kappa shape index (κ1) is 26.4. The first-order chi connectivity index (χ1) is 17.3. The van der Waals surface area contributed by atoms with Crippen molar-refractivity contribution < 1.29 is 27.4 Å². The van der Waals surface area contributed by atoms with E-state index in [1.807, 2.05) is 6.07 Å². The van der Waals surface area contributed by atoms with Gasteiger partial charge in [-0.2, -0.15) is 0 Å². The average Bonchev–Trinajstić information content (AvgIpc) is 3.29. The molecule has 1 aromatic heterocycles. The summed E-state index contributed by atoms with van der Waals surface area (Å²) in [4.78, 5) is 18.2. The van der Waals surface area contributed by atoms with Crippen molar-refractivity contribution in [1.29, 1.82) is 0 Å². The van der Waals surface area contributed by atoms with E-state index < -0.39 is 15.9 Å². The number of carbonyl (C=O) groups is 1. The van der Waals surface area contributed by atoms with Gasteiger partial charge in [0, 0.05) is 12.1 Å². The second kappa shape index (κ2) is 11.6. The molecule has 1 atom stereocenters. The minimum absolute atomic E-state index is 0.0155. The van der Waals surface area contributed by atoms with Crippen LogP contribution in [-0.2, 0) is 19.4 Å². The maximum atomic E-state index is 13.4. The van der Waals surface area contributed by atoms with Gasteiger partial charge in [-0.25, -0.2) is 13.4 Å². The molecule has 10 heteroatoms. The molecule has 1 amide bonds. The lowest BCUT2D eigenvalue weighted by Gasteiger charge is -2.24. The number of amides is 1. The Kier molecular flexibility index (Phi) is 8.48. The lowest BCUT2D eigenvalue weighted by Crippen LogP contribution is -2.26. The topological polar surface area (TPSA) is 104 Å². The van der Waals surface area contributed by atoms with Crippen LogP contribution in [0.2, 0.25) is 0 Å². The van der Waals surface area contributed by atoms with Gasteiger partial charge in [-0.05, 0) is 36.5 Å². The zero-order valence-corrected chi connectivity index (χ0v) is 22.4. The van der Waals surface area contributed by atoms with Crippen LogP contribution in [0.3, 0.4) is 0 Å². The summed E-state index contributed by atoms with van der Waals surface area (Å²) in [7, 11) is -0.208. The van der Waals surface area contributed by atoms with Crippen molar-refractivity contribution in [3.05, 3.63) is 42.0 Å². The first-order valence-electron chi connectivity index (χ1n) is 12.1. The molecule has 1 unspecified atom stereocenters. The highest BCUT2D eigenvalue weighted by Gasteiger charge is 2.26. The van der Waals surface area contributed by atoms with Gasteiger partial charge in [-0.3, -0.25) is 10.1 Å². The predicted molar refractivity (Wildman–Crippen MR) is 141 cm³/mol. The number of fused-ring (bicyclic) bond motifs is 1. The van der Waals surface area contributed by atoms with Gasteiger partial charge >= 0.3 is 0 Å². The number of nitrogens with zero attached hydrogens (tertiary/aromatic N) is 1. The number of rotatable bonds is 10. The van der Waals surface area contributed by atoms with Crippen molar-refractivity contribution >= 4 is 42.4 Å². The second-order valence-corrected chi connectivity index (χ2v) is 12.2. The van der Waals surface area contributed by atoms with Gasteiger partial charge in [0.15, 0.2) is 32.6 Å². The van der Waals surface area contributed by atoms with Gasteiger partial charge < -0.3 is 14.2 Å². The molecule has 1 saturated carbocycles. The quantitative estimate of drug-likeness (QED) is 0.374.